The van der Waals surface area contributed by atoms with Crippen molar-refractivity contribution in [1.82, 2.24) is 0 Å². The Labute approximate surface area is 345 Å². The molecule has 1 atom stereocenters. The van der Waals surface area contributed by atoms with Crippen molar-refractivity contribution >= 4 is 56.9 Å². The number of carbonyl (C=O) groups is 1. The van der Waals surface area contributed by atoms with E-state index in [9.17, 15) is 15.0 Å². The van der Waals surface area contributed by atoms with Crippen molar-refractivity contribution in [2.24, 2.45) is 0 Å². The van der Waals surface area contributed by atoms with Crippen LogP contribution in [0.25, 0.3) is 11.1 Å². The van der Waals surface area contributed by atoms with Gasteiger partial charge in [-0.1, -0.05) is 84.9 Å². The maximum Gasteiger partial charge on any atom is 0.364 e. The van der Waals surface area contributed by atoms with E-state index in [2.05, 4.69) is 155 Å². The first kappa shape index (κ1) is 42.4. The molecule has 1 unspecified atom stereocenters. The van der Waals surface area contributed by atoms with Crippen molar-refractivity contribution in [2.45, 2.75) is 37.8 Å². The largest absolute Gasteiger partial charge is 0.411 e. The highest BCUT2D eigenvalue weighted by atomic mass is 28.4. The average molecular weight is 811 g/mol. The summed E-state index contributed by atoms with van der Waals surface area (Å²) in [6.07, 6.45) is 3.11. The van der Waals surface area contributed by atoms with Crippen LogP contribution in [0.4, 0.5) is 34.1 Å². The molecule has 0 saturated carbocycles. The lowest BCUT2D eigenvalue weighted by Crippen LogP contribution is -2.44. The smallest absolute Gasteiger partial charge is 0.364 e. The summed E-state index contributed by atoms with van der Waals surface area (Å²) >= 11 is 0. The fourth-order valence-electron chi connectivity index (χ4n) is 7.32. The van der Waals surface area contributed by atoms with Crippen molar-refractivity contribution in [3.63, 3.8) is 0 Å². The molecule has 0 fully saturated rings. The highest BCUT2D eigenvalue weighted by Gasteiger charge is 2.34. The standard InChI is InChI=1S/C48H54N2O6Si2/c1-54-57(36-51,37-52)34-10-12-39-18-26-45(27-19-39)49(43-14-6-4-7-15-43)47-30-22-41(23-31-47)42-24-32-48(33-25-42)50(44-16-8-5-9-17-44)46-28-20-40(21-29-46)13-11-35-58(38-53,55-2)56-3/h4-9,14-33,36,52-53H,10-13,34-35,37-38H2,1-3H3. The van der Waals surface area contributed by atoms with Gasteiger partial charge in [-0.15, -0.1) is 0 Å². The topological polar surface area (TPSA) is 91.7 Å². The first-order valence-corrected chi connectivity index (χ1v) is 24.4. The van der Waals surface area contributed by atoms with Crippen LogP contribution in [0.1, 0.15) is 24.0 Å². The predicted octanol–water partition coefficient (Wildman–Crippen LogP) is 10.3. The Morgan fingerprint density at radius 3 is 1.16 bits per heavy atom. The molecular formula is C48H54N2O6Si2. The van der Waals surface area contributed by atoms with E-state index in [-0.39, 0.29) is 12.5 Å². The van der Waals surface area contributed by atoms with Crippen molar-refractivity contribution in [2.75, 3.05) is 43.6 Å². The third-order valence-corrected chi connectivity index (χ3v) is 17.0. The Morgan fingerprint density at radius 1 is 0.466 bits per heavy atom. The highest BCUT2D eigenvalue weighted by molar-refractivity contribution is 6.96. The number of nitrogens with zero attached hydrogens (tertiary/aromatic N) is 2. The Kier molecular flexibility index (Phi) is 15.0. The van der Waals surface area contributed by atoms with E-state index in [4.69, 9.17) is 13.3 Å². The van der Waals surface area contributed by atoms with Gasteiger partial charge in [0, 0.05) is 55.5 Å². The van der Waals surface area contributed by atoms with Gasteiger partial charge in [-0.05, 0) is 133 Å². The van der Waals surface area contributed by atoms with Gasteiger partial charge in [-0.2, -0.15) is 0 Å². The van der Waals surface area contributed by atoms with E-state index in [1.165, 1.54) is 18.2 Å². The zero-order valence-electron chi connectivity index (χ0n) is 33.7. The number of aryl methyl sites for hydroxylation is 2. The second-order valence-corrected chi connectivity index (χ2v) is 21.5. The van der Waals surface area contributed by atoms with Gasteiger partial charge in [0.25, 0.3) is 8.32 Å². The summed E-state index contributed by atoms with van der Waals surface area (Å²) < 4.78 is 16.6. The van der Waals surface area contributed by atoms with E-state index < -0.39 is 16.9 Å². The number of rotatable bonds is 21. The number of benzene rings is 6. The first-order valence-electron chi connectivity index (χ1n) is 19.8. The van der Waals surface area contributed by atoms with Crippen LogP contribution in [-0.2, 0) is 30.9 Å². The second-order valence-electron chi connectivity index (χ2n) is 14.5. The van der Waals surface area contributed by atoms with Gasteiger partial charge in [0.15, 0.2) is 0 Å². The lowest BCUT2D eigenvalue weighted by Gasteiger charge is -2.26. The van der Waals surface area contributed by atoms with E-state index in [0.29, 0.717) is 6.04 Å². The van der Waals surface area contributed by atoms with Crippen molar-refractivity contribution < 1.29 is 28.3 Å². The summed E-state index contributed by atoms with van der Waals surface area (Å²) in [7, 11) is -0.472. The average Bonchev–Trinajstić information content (AvgIpc) is 3.29. The number of aliphatic hydroxyl groups is 2. The van der Waals surface area contributed by atoms with Gasteiger partial charge in [-0.25, -0.2) is 0 Å². The molecule has 0 radical (unpaired) electrons. The van der Waals surface area contributed by atoms with Gasteiger partial charge in [0.05, 0.1) is 12.5 Å². The molecule has 0 heterocycles. The van der Waals surface area contributed by atoms with Crippen LogP contribution in [0.3, 0.4) is 0 Å². The molecule has 6 rings (SSSR count). The van der Waals surface area contributed by atoms with E-state index in [0.717, 1.165) is 82.9 Å². The lowest BCUT2D eigenvalue weighted by molar-refractivity contribution is 0.196. The molecule has 0 aliphatic heterocycles. The normalized spacial score (nSPS) is 12.5. The van der Waals surface area contributed by atoms with Crippen molar-refractivity contribution in [3.8, 4) is 11.1 Å². The molecule has 300 valence electrons. The Morgan fingerprint density at radius 2 is 0.828 bits per heavy atom. The number of hydrogen-bond donors (Lipinski definition) is 2. The van der Waals surface area contributed by atoms with Crippen LogP contribution < -0.4 is 9.80 Å². The minimum absolute atomic E-state index is 0.0455. The molecule has 0 aliphatic carbocycles. The quantitative estimate of drug-likeness (QED) is 0.0549. The molecule has 58 heavy (non-hydrogen) atoms. The molecule has 0 aliphatic rings. The fourth-order valence-corrected chi connectivity index (χ4v) is 10.6. The molecule has 2 N–H and O–H groups in total. The maximum absolute atomic E-state index is 11.6. The van der Waals surface area contributed by atoms with Crippen LogP contribution in [0.15, 0.2) is 158 Å². The van der Waals surface area contributed by atoms with Crippen molar-refractivity contribution in [1.29, 1.82) is 0 Å². The van der Waals surface area contributed by atoms with Crippen molar-refractivity contribution in [3.05, 3.63) is 169 Å². The second kappa shape index (κ2) is 20.5. The molecule has 0 amide bonds. The Hall–Kier alpha value is -5.18. The summed E-state index contributed by atoms with van der Waals surface area (Å²) in [6.45, 7) is 0. The molecule has 0 spiro atoms. The monoisotopic (exact) mass is 810 g/mol. The van der Waals surface area contributed by atoms with E-state index in [1.807, 2.05) is 12.1 Å². The third kappa shape index (κ3) is 10.3. The lowest BCUT2D eigenvalue weighted by atomic mass is 10.0. The van der Waals surface area contributed by atoms with Crippen LogP contribution in [0.5, 0.6) is 0 Å². The highest BCUT2D eigenvalue weighted by Crippen LogP contribution is 2.38. The number of hydrogen-bond acceptors (Lipinski definition) is 8. The zero-order valence-corrected chi connectivity index (χ0v) is 35.7. The van der Waals surface area contributed by atoms with E-state index >= 15 is 0 Å². The van der Waals surface area contributed by atoms with Gasteiger partial charge < -0.3 is 38.1 Å². The Bertz CT molecular complexity index is 2120. The molecule has 6 aromatic rings. The molecule has 0 saturated heterocycles. The van der Waals surface area contributed by atoms with Gasteiger partial charge >= 0.3 is 8.56 Å². The predicted molar refractivity (Wildman–Crippen MR) is 241 cm³/mol. The summed E-state index contributed by atoms with van der Waals surface area (Å²) in [6, 6.07) is 56.8. The number of anilines is 6. The van der Waals surface area contributed by atoms with Gasteiger partial charge in [0.2, 0.25) is 0 Å². The third-order valence-electron chi connectivity index (χ3n) is 11.0. The van der Waals surface area contributed by atoms with Crippen LogP contribution in [0, 0.1) is 0 Å². The molecule has 0 bridgehead atoms. The maximum atomic E-state index is 11.6. The van der Waals surface area contributed by atoms with E-state index in [1.54, 1.807) is 14.2 Å². The fraction of sp³-hybridized carbons (Fsp3) is 0.229. The summed E-state index contributed by atoms with van der Waals surface area (Å²) in [5.41, 5.74) is 11.0. The van der Waals surface area contributed by atoms with Crippen LogP contribution >= 0.6 is 0 Å². The Balaban J connectivity index is 1.18. The number of para-hydroxylation sites is 2. The number of carbonyl (C=O) groups excluding carboxylic acids is 1. The summed E-state index contributed by atoms with van der Waals surface area (Å²) in [5.74, 6) is 0.844. The zero-order chi connectivity index (χ0) is 40.8. The SMILES string of the molecule is CO[Si](C=O)(CO)CCCc1ccc(N(c2ccccc2)c2ccc(-c3ccc(N(c4ccccc4)c4ccc(CCC[Si](CO)(OC)OC)cc4)cc3)cc2)cc1. The minimum atomic E-state index is -2.71. The molecule has 6 aromatic carbocycles. The molecule has 0 aromatic heterocycles. The molecule has 8 nitrogen and oxygen atoms in total. The molecule has 10 heteroatoms. The number of aliphatic hydroxyl groups excluding tert-OH is 2. The summed E-state index contributed by atoms with van der Waals surface area (Å²) in [4.78, 5) is 16.1. The minimum Gasteiger partial charge on any atom is -0.411 e. The van der Waals surface area contributed by atoms with Gasteiger partial charge in [-0.3, -0.25) is 0 Å². The van der Waals surface area contributed by atoms with Crippen LogP contribution in [-0.4, -0.2) is 66.8 Å². The summed E-state index contributed by atoms with van der Waals surface area (Å²) in [5, 5.41) is 19.6. The van der Waals surface area contributed by atoms with Gasteiger partial charge in [0.1, 0.15) is 5.91 Å². The van der Waals surface area contributed by atoms with Crippen LogP contribution in [0.2, 0.25) is 12.1 Å². The molecular weight excluding hydrogens is 757 g/mol. The first-order chi connectivity index (χ1) is 28.4.